The number of benzene rings is 1. The number of aryl methyl sites for hydroxylation is 1. The summed E-state index contributed by atoms with van der Waals surface area (Å²) >= 11 is 0. The fourth-order valence-corrected chi connectivity index (χ4v) is 4.32. The molecule has 3 rings (SSSR count). The molecule has 2 unspecified atom stereocenters. The van der Waals surface area contributed by atoms with Crippen molar-refractivity contribution in [3.63, 3.8) is 0 Å². The first kappa shape index (κ1) is 17.4. The molecule has 1 aliphatic heterocycles. The SMILES string of the molecule is CN(CC(=O)O)C1CCCN(C2CCCc3ccc(F)cc32)CC1. The van der Waals surface area contributed by atoms with Crippen molar-refractivity contribution in [3.05, 3.63) is 35.1 Å². The Morgan fingerprint density at radius 1 is 1.29 bits per heavy atom. The molecular weight excluding hydrogens is 307 g/mol. The molecule has 4 nitrogen and oxygen atoms in total. The number of carboxylic acid groups (broad SMARTS) is 1. The van der Waals surface area contributed by atoms with Gasteiger partial charge in [-0.05, 0) is 75.4 Å². The minimum Gasteiger partial charge on any atom is -0.480 e. The van der Waals surface area contributed by atoms with Crippen molar-refractivity contribution in [3.8, 4) is 0 Å². The Morgan fingerprint density at radius 2 is 2.12 bits per heavy atom. The van der Waals surface area contributed by atoms with Crippen molar-refractivity contribution < 1.29 is 14.3 Å². The largest absolute Gasteiger partial charge is 0.480 e. The number of carbonyl (C=O) groups is 1. The summed E-state index contributed by atoms with van der Waals surface area (Å²) in [7, 11) is 1.90. The number of aliphatic carboxylic acids is 1. The predicted octanol–water partition coefficient (Wildman–Crippen LogP) is 3.07. The minimum atomic E-state index is -0.768. The number of likely N-dealkylation sites (N-methyl/N-ethyl adjacent to an activating group) is 1. The summed E-state index contributed by atoms with van der Waals surface area (Å²) in [5.74, 6) is -0.912. The van der Waals surface area contributed by atoms with Gasteiger partial charge in [-0.25, -0.2) is 4.39 Å². The van der Waals surface area contributed by atoms with Crippen LogP contribution in [0.1, 0.15) is 49.3 Å². The molecule has 1 aromatic carbocycles. The van der Waals surface area contributed by atoms with Gasteiger partial charge in [0.25, 0.3) is 0 Å². The first-order valence-corrected chi connectivity index (χ1v) is 8.99. The number of fused-ring (bicyclic) bond motifs is 1. The normalized spacial score (nSPS) is 25.3. The first-order valence-electron chi connectivity index (χ1n) is 8.99. The van der Waals surface area contributed by atoms with Gasteiger partial charge < -0.3 is 5.11 Å². The van der Waals surface area contributed by atoms with Crippen LogP contribution >= 0.6 is 0 Å². The highest BCUT2D eigenvalue weighted by atomic mass is 19.1. The summed E-state index contributed by atoms with van der Waals surface area (Å²) in [4.78, 5) is 15.4. The van der Waals surface area contributed by atoms with E-state index in [0.717, 1.165) is 51.6 Å². The lowest BCUT2D eigenvalue weighted by molar-refractivity contribution is -0.138. The van der Waals surface area contributed by atoms with Crippen LogP contribution in [0, 0.1) is 5.82 Å². The van der Waals surface area contributed by atoms with Crippen LogP contribution < -0.4 is 0 Å². The second-order valence-corrected chi connectivity index (χ2v) is 7.18. The standard InChI is InChI=1S/C19H27FN2O2/c1-21(13-19(23)24)16-5-3-10-22(11-9-16)18-6-2-4-14-7-8-15(20)12-17(14)18/h7-8,12,16,18H,2-6,9-11,13H2,1H3,(H,23,24). The van der Waals surface area contributed by atoms with Crippen LogP contribution in [0.25, 0.3) is 0 Å². The number of rotatable bonds is 4. The van der Waals surface area contributed by atoms with E-state index in [9.17, 15) is 9.18 Å². The van der Waals surface area contributed by atoms with Gasteiger partial charge in [0.2, 0.25) is 0 Å². The van der Waals surface area contributed by atoms with Crippen LogP contribution in [0.5, 0.6) is 0 Å². The second-order valence-electron chi connectivity index (χ2n) is 7.18. The molecule has 1 aromatic rings. The Balaban J connectivity index is 1.69. The fraction of sp³-hybridized carbons (Fsp3) is 0.632. The molecule has 0 bridgehead atoms. The third-order valence-corrected chi connectivity index (χ3v) is 5.57. The summed E-state index contributed by atoms with van der Waals surface area (Å²) in [6, 6.07) is 5.87. The maximum absolute atomic E-state index is 13.7. The van der Waals surface area contributed by atoms with Crippen molar-refractivity contribution in [1.82, 2.24) is 9.80 Å². The quantitative estimate of drug-likeness (QED) is 0.919. The van der Waals surface area contributed by atoms with Crippen molar-refractivity contribution >= 4 is 5.97 Å². The Hall–Kier alpha value is -1.46. The molecular formula is C19H27FN2O2. The molecule has 132 valence electrons. The summed E-state index contributed by atoms with van der Waals surface area (Å²) in [6.45, 7) is 2.06. The van der Waals surface area contributed by atoms with Gasteiger partial charge in [0.05, 0.1) is 6.54 Å². The van der Waals surface area contributed by atoms with E-state index in [2.05, 4.69) is 4.90 Å². The molecule has 0 spiro atoms. The van der Waals surface area contributed by atoms with Gasteiger partial charge in [-0.1, -0.05) is 6.07 Å². The van der Waals surface area contributed by atoms with E-state index < -0.39 is 5.97 Å². The molecule has 5 heteroatoms. The molecule has 1 N–H and O–H groups in total. The molecule has 1 heterocycles. The van der Waals surface area contributed by atoms with Gasteiger partial charge in [0, 0.05) is 18.6 Å². The number of halogens is 1. The van der Waals surface area contributed by atoms with Gasteiger partial charge in [-0.2, -0.15) is 0 Å². The van der Waals surface area contributed by atoms with Crippen LogP contribution in [-0.4, -0.2) is 53.6 Å². The maximum Gasteiger partial charge on any atom is 0.317 e. The van der Waals surface area contributed by atoms with E-state index in [4.69, 9.17) is 5.11 Å². The number of hydrogen-bond acceptors (Lipinski definition) is 3. The van der Waals surface area contributed by atoms with Crippen molar-refractivity contribution in [2.24, 2.45) is 0 Å². The second kappa shape index (κ2) is 7.62. The number of nitrogens with zero attached hydrogens (tertiary/aromatic N) is 2. The van der Waals surface area contributed by atoms with Gasteiger partial charge >= 0.3 is 5.97 Å². The van der Waals surface area contributed by atoms with Crippen molar-refractivity contribution in [1.29, 1.82) is 0 Å². The van der Waals surface area contributed by atoms with Gasteiger partial charge in [-0.15, -0.1) is 0 Å². The molecule has 0 saturated carbocycles. The average Bonchev–Trinajstić information content (AvgIpc) is 2.79. The van der Waals surface area contributed by atoms with E-state index in [1.165, 1.54) is 11.1 Å². The maximum atomic E-state index is 13.7. The monoisotopic (exact) mass is 334 g/mol. The predicted molar refractivity (Wildman–Crippen MR) is 91.6 cm³/mol. The van der Waals surface area contributed by atoms with Crippen LogP contribution in [0.4, 0.5) is 4.39 Å². The molecule has 2 atom stereocenters. The lowest BCUT2D eigenvalue weighted by atomic mass is 9.86. The molecule has 1 fully saturated rings. The highest BCUT2D eigenvalue weighted by molar-refractivity contribution is 5.69. The molecule has 2 aliphatic rings. The number of carboxylic acids is 1. The zero-order valence-electron chi connectivity index (χ0n) is 14.4. The third-order valence-electron chi connectivity index (χ3n) is 5.57. The van der Waals surface area contributed by atoms with Crippen LogP contribution in [-0.2, 0) is 11.2 Å². The third kappa shape index (κ3) is 3.95. The summed E-state index contributed by atoms with van der Waals surface area (Å²) < 4.78 is 13.7. The highest BCUT2D eigenvalue weighted by Gasteiger charge is 2.29. The van der Waals surface area contributed by atoms with E-state index in [1.807, 2.05) is 18.0 Å². The zero-order valence-corrected chi connectivity index (χ0v) is 14.4. The molecule has 1 saturated heterocycles. The Bertz CT molecular complexity index is 593. The minimum absolute atomic E-state index is 0.0993. The van der Waals surface area contributed by atoms with E-state index in [-0.39, 0.29) is 12.4 Å². The average molecular weight is 334 g/mol. The molecule has 24 heavy (non-hydrogen) atoms. The smallest absolute Gasteiger partial charge is 0.317 e. The molecule has 0 aromatic heterocycles. The van der Waals surface area contributed by atoms with Crippen LogP contribution in [0.15, 0.2) is 18.2 Å². The fourth-order valence-electron chi connectivity index (χ4n) is 4.32. The lowest BCUT2D eigenvalue weighted by Crippen LogP contribution is -2.37. The zero-order chi connectivity index (χ0) is 17.1. The van der Waals surface area contributed by atoms with Crippen molar-refractivity contribution in [2.75, 3.05) is 26.7 Å². The summed E-state index contributed by atoms with van der Waals surface area (Å²) in [5, 5.41) is 8.99. The van der Waals surface area contributed by atoms with E-state index in [1.54, 1.807) is 12.1 Å². The van der Waals surface area contributed by atoms with Gasteiger partial charge in [0.1, 0.15) is 5.82 Å². The molecule has 0 radical (unpaired) electrons. The summed E-state index contributed by atoms with van der Waals surface area (Å²) in [5.41, 5.74) is 2.45. The van der Waals surface area contributed by atoms with Gasteiger partial charge in [0.15, 0.2) is 0 Å². The molecule has 1 aliphatic carbocycles. The van der Waals surface area contributed by atoms with Crippen LogP contribution in [0.3, 0.4) is 0 Å². The number of likely N-dealkylation sites (tertiary alicyclic amines) is 1. The van der Waals surface area contributed by atoms with Crippen LogP contribution in [0.2, 0.25) is 0 Å². The molecule has 0 amide bonds. The van der Waals surface area contributed by atoms with Gasteiger partial charge in [-0.3, -0.25) is 14.6 Å². The highest BCUT2D eigenvalue weighted by Crippen LogP contribution is 2.36. The van der Waals surface area contributed by atoms with Crippen molar-refractivity contribution in [2.45, 2.75) is 50.6 Å². The van der Waals surface area contributed by atoms with E-state index in [0.29, 0.717) is 12.1 Å². The first-order chi connectivity index (χ1) is 11.5. The topological polar surface area (TPSA) is 43.8 Å². The lowest BCUT2D eigenvalue weighted by Gasteiger charge is -2.35. The van der Waals surface area contributed by atoms with E-state index >= 15 is 0 Å². The Labute approximate surface area is 143 Å². The summed E-state index contributed by atoms with van der Waals surface area (Å²) in [6.07, 6.45) is 6.36. The Morgan fingerprint density at radius 3 is 2.92 bits per heavy atom. The number of hydrogen-bond donors (Lipinski definition) is 1. The Kier molecular flexibility index (Phi) is 5.51.